The Balaban J connectivity index is 1.67. The first-order valence-electron chi connectivity index (χ1n) is 7.61. The molecule has 23 heavy (non-hydrogen) atoms. The highest BCUT2D eigenvalue weighted by Gasteiger charge is 2.08. The lowest BCUT2D eigenvalue weighted by atomic mass is 10.1. The number of nitrogens with zero attached hydrogens (tertiary/aromatic N) is 1. The Morgan fingerprint density at radius 2 is 2.13 bits per heavy atom. The van der Waals surface area contributed by atoms with E-state index in [-0.39, 0.29) is 5.91 Å². The summed E-state index contributed by atoms with van der Waals surface area (Å²) < 4.78 is 5.52. The fourth-order valence-electron chi connectivity index (χ4n) is 2.50. The summed E-state index contributed by atoms with van der Waals surface area (Å²) in [7, 11) is 0. The highest BCUT2D eigenvalue weighted by molar-refractivity contribution is 5.97. The largest absolute Gasteiger partial charge is 0.494 e. The Bertz CT molecular complexity index is 839. The number of aromatic nitrogens is 2. The van der Waals surface area contributed by atoms with Gasteiger partial charge in [0.15, 0.2) is 0 Å². The van der Waals surface area contributed by atoms with Crippen LogP contribution in [0.4, 0.5) is 0 Å². The van der Waals surface area contributed by atoms with Crippen LogP contribution in [0, 0.1) is 6.92 Å². The summed E-state index contributed by atoms with van der Waals surface area (Å²) in [5.41, 5.74) is 4.43. The summed E-state index contributed by atoms with van der Waals surface area (Å²) in [5, 5.41) is 2.94. The van der Waals surface area contributed by atoms with Gasteiger partial charge in [0.1, 0.15) is 5.75 Å². The Kier molecular flexibility index (Phi) is 4.28. The number of amides is 1. The maximum atomic E-state index is 12.3. The lowest BCUT2D eigenvalue weighted by Gasteiger charge is -2.10. The molecule has 0 fully saturated rings. The van der Waals surface area contributed by atoms with Crippen molar-refractivity contribution in [2.24, 2.45) is 0 Å². The first kappa shape index (κ1) is 15.1. The Morgan fingerprint density at radius 3 is 2.91 bits per heavy atom. The minimum atomic E-state index is -0.104. The van der Waals surface area contributed by atoms with Crippen molar-refractivity contribution in [3.63, 3.8) is 0 Å². The van der Waals surface area contributed by atoms with Crippen molar-refractivity contribution in [1.29, 1.82) is 0 Å². The van der Waals surface area contributed by atoms with Crippen LogP contribution in [0.25, 0.3) is 11.0 Å². The van der Waals surface area contributed by atoms with Gasteiger partial charge in [-0.05, 0) is 49.2 Å². The third kappa shape index (κ3) is 3.34. The van der Waals surface area contributed by atoms with Gasteiger partial charge in [-0.2, -0.15) is 0 Å². The molecule has 118 valence electrons. The summed E-state index contributed by atoms with van der Waals surface area (Å²) >= 11 is 0. The molecular weight excluding hydrogens is 290 g/mol. The molecule has 0 atom stereocenters. The lowest BCUT2D eigenvalue weighted by molar-refractivity contribution is 0.0951. The zero-order chi connectivity index (χ0) is 16.2. The van der Waals surface area contributed by atoms with Gasteiger partial charge < -0.3 is 15.0 Å². The number of rotatable bonds is 5. The molecule has 5 nitrogen and oxygen atoms in total. The van der Waals surface area contributed by atoms with Gasteiger partial charge in [0.05, 0.1) is 24.0 Å². The van der Waals surface area contributed by atoms with Gasteiger partial charge in [-0.15, -0.1) is 0 Å². The molecule has 0 aliphatic carbocycles. The molecule has 2 aromatic carbocycles. The Morgan fingerprint density at radius 1 is 1.26 bits per heavy atom. The minimum Gasteiger partial charge on any atom is -0.494 e. The molecule has 5 heteroatoms. The van der Waals surface area contributed by atoms with E-state index in [0.717, 1.165) is 27.9 Å². The minimum absolute atomic E-state index is 0.104. The number of H-pyrrole nitrogens is 1. The number of hydrogen-bond donors (Lipinski definition) is 2. The number of carbonyl (C=O) groups excluding carboxylic acids is 1. The monoisotopic (exact) mass is 309 g/mol. The molecule has 0 bridgehead atoms. The molecule has 1 amide bonds. The van der Waals surface area contributed by atoms with E-state index in [1.165, 1.54) is 0 Å². The van der Waals surface area contributed by atoms with Crippen LogP contribution in [-0.4, -0.2) is 22.5 Å². The summed E-state index contributed by atoms with van der Waals surface area (Å²) in [5.74, 6) is 0.778. The molecule has 2 N–H and O–H groups in total. The second-order valence-corrected chi connectivity index (χ2v) is 5.35. The summed E-state index contributed by atoms with van der Waals surface area (Å²) in [6, 6.07) is 11.4. The van der Waals surface area contributed by atoms with Crippen LogP contribution in [0.5, 0.6) is 5.75 Å². The van der Waals surface area contributed by atoms with E-state index < -0.39 is 0 Å². The van der Waals surface area contributed by atoms with Gasteiger partial charge in [0.2, 0.25) is 0 Å². The van der Waals surface area contributed by atoms with Crippen molar-refractivity contribution in [3.05, 3.63) is 59.4 Å². The Labute approximate surface area is 134 Å². The van der Waals surface area contributed by atoms with Crippen molar-refractivity contribution in [2.45, 2.75) is 20.4 Å². The zero-order valence-electron chi connectivity index (χ0n) is 13.2. The maximum absolute atomic E-state index is 12.3. The second-order valence-electron chi connectivity index (χ2n) is 5.35. The third-order valence-corrected chi connectivity index (χ3v) is 3.67. The zero-order valence-corrected chi connectivity index (χ0v) is 13.2. The van der Waals surface area contributed by atoms with Gasteiger partial charge in [-0.1, -0.05) is 12.1 Å². The molecule has 0 radical (unpaired) electrons. The summed E-state index contributed by atoms with van der Waals surface area (Å²) in [6.07, 6.45) is 1.62. The van der Waals surface area contributed by atoms with E-state index in [1.807, 2.05) is 38.1 Å². The average Bonchev–Trinajstić information content (AvgIpc) is 3.02. The molecule has 0 saturated heterocycles. The number of imidazole rings is 1. The topological polar surface area (TPSA) is 67.0 Å². The number of aromatic amines is 1. The molecule has 1 heterocycles. The van der Waals surface area contributed by atoms with Crippen molar-refractivity contribution < 1.29 is 9.53 Å². The van der Waals surface area contributed by atoms with Gasteiger partial charge in [0.25, 0.3) is 5.91 Å². The molecule has 0 spiro atoms. The summed E-state index contributed by atoms with van der Waals surface area (Å²) in [6.45, 7) is 5.09. The van der Waals surface area contributed by atoms with Gasteiger partial charge in [-0.25, -0.2) is 4.98 Å². The van der Waals surface area contributed by atoms with Crippen LogP contribution < -0.4 is 10.1 Å². The predicted molar refractivity (Wildman–Crippen MR) is 89.6 cm³/mol. The normalized spacial score (nSPS) is 10.7. The number of carbonyl (C=O) groups is 1. The van der Waals surface area contributed by atoms with E-state index in [9.17, 15) is 4.79 Å². The highest BCUT2D eigenvalue weighted by atomic mass is 16.5. The number of aryl methyl sites for hydroxylation is 1. The van der Waals surface area contributed by atoms with E-state index in [4.69, 9.17) is 4.74 Å². The van der Waals surface area contributed by atoms with Gasteiger partial charge in [0, 0.05) is 12.1 Å². The lowest BCUT2D eigenvalue weighted by Crippen LogP contribution is -2.22. The second kappa shape index (κ2) is 6.52. The van der Waals surface area contributed by atoms with Crippen molar-refractivity contribution in [2.75, 3.05) is 6.61 Å². The molecule has 3 rings (SSSR count). The fourth-order valence-corrected chi connectivity index (χ4v) is 2.50. The first-order chi connectivity index (χ1) is 11.2. The average molecular weight is 309 g/mol. The SMILES string of the molecule is CCOc1ccc(CNC(=O)c2ccc3nc[nH]c3c2)cc1C. The molecule has 0 aliphatic rings. The molecular formula is C18H19N3O2. The number of fused-ring (bicyclic) bond motifs is 1. The Hall–Kier alpha value is -2.82. The van der Waals surface area contributed by atoms with Crippen LogP contribution in [0.2, 0.25) is 0 Å². The van der Waals surface area contributed by atoms with E-state index in [0.29, 0.717) is 18.7 Å². The van der Waals surface area contributed by atoms with Crippen molar-refractivity contribution in [1.82, 2.24) is 15.3 Å². The maximum Gasteiger partial charge on any atom is 0.251 e. The van der Waals surface area contributed by atoms with Crippen molar-refractivity contribution in [3.8, 4) is 5.75 Å². The van der Waals surface area contributed by atoms with Crippen LogP contribution in [-0.2, 0) is 6.54 Å². The van der Waals surface area contributed by atoms with E-state index in [1.54, 1.807) is 18.5 Å². The molecule has 0 unspecified atom stereocenters. The van der Waals surface area contributed by atoms with Crippen LogP contribution in [0.3, 0.4) is 0 Å². The number of ether oxygens (including phenoxy) is 1. The number of benzene rings is 2. The number of hydrogen-bond acceptors (Lipinski definition) is 3. The van der Waals surface area contributed by atoms with Crippen LogP contribution in [0.1, 0.15) is 28.4 Å². The fraction of sp³-hybridized carbons (Fsp3) is 0.222. The van der Waals surface area contributed by atoms with E-state index in [2.05, 4.69) is 15.3 Å². The first-order valence-corrected chi connectivity index (χ1v) is 7.61. The van der Waals surface area contributed by atoms with Gasteiger partial charge >= 0.3 is 0 Å². The molecule has 3 aromatic rings. The molecule has 0 saturated carbocycles. The predicted octanol–water partition coefficient (Wildman–Crippen LogP) is 3.20. The van der Waals surface area contributed by atoms with Crippen LogP contribution >= 0.6 is 0 Å². The number of nitrogens with one attached hydrogen (secondary N) is 2. The molecule has 0 aliphatic heterocycles. The quantitative estimate of drug-likeness (QED) is 0.760. The molecule has 1 aromatic heterocycles. The van der Waals surface area contributed by atoms with Crippen LogP contribution in [0.15, 0.2) is 42.7 Å². The highest BCUT2D eigenvalue weighted by Crippen LogP contribution is 2.19. The van der Waals surface area contributed by atoms with Crippen molar-refractivity contribution >= 4 is 16.9 Å². The smallest absolute Gasteiger partial charge is 0.251 e. The standard InChI is InChI=1S/C18H19N3O2/c1-3-23-17-7-4-13(8-12(17)2)10-19-18(22)14-5-6-15-16(9-14)21-11-20-15/h4-9,11H,3,10H2,1-2H3,(H,19,22)(H,20,21). The van der Waals surface area contributed by atoms with Gasteiger partial charge in [-0.3, -0.25) is 4.79 Å². The third-order valence-electron chi connectivity index (χ3n) is 3.67. The summed E-state index contributed by atoms with van der Waals surface area (Å²) in [4.78, 5) is 19.4. The van der Waals surface area contributed by atoms with E-state index >= 15 is 0 Å².